The molecule has 2 aliphatic heterocycles. The number of nitrogens with zero attached hydrogens (tertiary/aromatic N) is 3. The number of morpholine rings is 1. The van der Waals surface area contributed by atoms with E-state index in [0.29, 0.717) is 31.7 Å². The number of hydrogen-bond acceptors (Lipinski definition) is 7. The molecule has 2 aliphatic rings. The molecule has 8 nitrogen and oxygen atoms in total. The zero-order chi connectivity index (χ0) is 23.4. The Labute approximate surface area is 191 Å². The third-order valence-electron chi connectivity index (χ3n) is 5.96. The Kier molecular flexibility index (Phi) is 7.00. The Morgan fingerprint density at radius 3 is 2.58 bits per heavy atom. The number of Topliss-reactive ketones (excluding diaryl/α,β-unsaturated/α-hetero) is 1. The molecule has 1 atom stereocenters. The molecule has 9 heteroatoms. The number of benzene rings is 1. The van der Waals surface area contributed by atoms with E-state index in [-0.39, 0.29) is 16.9 Å². The lowest BCUT2D eigenvalue weighted by atomic mass is 9.96. The van der Waals surface area contributed by atoms with E-state index < -0.39 is 29.3 Å². The van der Waals surface area contributed by atoms with Gasteiger partial charge in [-0.3, -0.25) is 19.5 Å². The largest absolute Gasteiger partial charge is 0.507 e. The average Bonchev–Trinajstić information content (AvgIpc) is 3.10. The van der Waals surface area contributed by atoms with E-state index in [9.17, 15) is 19.1 Å². The third kappa shape index (κ3) is 4.74. The van der Waals surface area contributed by atoms with Gasteiger partial charge >= 0.3 is 0 Å². The first-order chi connectivity index (χ1) is 16.0. The fourth-order valence-electron chi connectivity index (χ4n) is 4.26. The number of carbonyl (C=O) groups excluding carboxylic acids is 2. The van der Waals surface area contributed by atoms with Crippen molar-refractivity contribution in [2.24, 2.45) is 0 Å². The second-order valence-corrected chi connectivity index (χ2v) is 7.93. The van der Waals surface area contributed by atoms with Gasteiger partial charge in [0.2, 0.25) is 0 Å². The highest BCUT2D eigenvalue weighted by molar-refractivity contribution is 6.46. The highest BCUT2D eigenvalue weighted by Crippen LogP contribution is 2.39. The molecule has 0 spiro atoms. The van der Waals surface area contributed by atoms with Crippen LogP contribution >= 0.6 is 0 Å². The molecule has 2 fully saturated rings. The van der Waals surface area contributed by atoms with Crippen LogP contribution in [0.1, 0.15) is 23.6 Å². The fourth-order valence-corrected chi connectivity index (χ4v) is 4.26. The monoisotopic (exact) mass is 455 g/mol. The predicted octanol–water partition coefficient (Wildman–Crippen LogP) is 2.37. The Bertz CT molecular complexity index is 1050. The number of ketones is 1. The lowest BCUT2D eigenvalue weighted by molar-refractivity contribution is -0.140. The summed E-state index contributed by atoms with van der Waals surface area (Å²) in [6.07, 6.45) is 3.79. The molecule has 0 bridgehead atoms. The molecule has 2 aromatic rings. The van der Waals surface area contributed by atoms with Gasteiger partial charge in [-0.25, -0.2) is 4.39 Å². The molecule has 4 rings (SSSR count). The number of methoxy groups -OCH3 is 1. The first kappa shape index (κ1) is 22.9. The number of carbonyl (C=O) groups is 2. The number of pyridine rings is 1. The quantitative estimate of drug-likeness (QED) is 0.389. The lowest BCUT2D eigenvalue weighted by Crippen LogP contribution is -2.38. The van der Waals surface area contributed by atoms with Crippen LogP contribution in [0, 0.1) is 5.82 Å². The molecule has 0 radical (unpaired) electrons. The first-order valence-corrected chi connectivity index (χ1v) is 10.8. The molecule has 0 saturated carbocycles. The van der Waals surface area contributed by atoms with Crippen molar-refractivity contribution >= 4 is 17.4 Å². The van der Waals surface area contributed by atoms with Crippen molar-refractivity contribution in [3.63, 3.8) is 0 Å². The maximum absolute atomic E-state index is 14.3. The normalized spacial score (nSPS) is 20.9. The number of hydrogen-bond donors (Lipinski definition) is 1. The third-order valence-corrected chi connectivity index (χ3v) is 5.96. The van der Waals surface area contributed by atoms with Crippen molar-refractivity contribution in [2.75, 3.05) is 46.5 Å². The maximum Gasteiger partial charge on any atom is 0.295 e. The van der Waals surface area contributed by atoms with Gasteiger partial charge in [0.05, 0.1) is 31.9 Å². The smallest absolute Gasteiger partial charge is 0.295 e. The summed E-state index contributed by atoms with van der Waals surface area (Å²) in [5.74, 6) is -2.57. The standard InChI is InChI=1S/C24H26FN3O5/c1-32-19-4-3-17(15-18(19)25)22(29)20-21(16-5-7-26-8-6-16)28(24(31)23(20)30)10-2-9-27-11-13-33-14-12-27/h3-8,15,21,29H,2,9-14H2,1H3/t21-/m0/s1. The summed E-state index contributed by atoms with van der Waals surface area (Å²) < 4.78 is 24.6. The topological polar surface area (TPSA) is 92.2 Å². The second kappa shape index (κ2) is 10.1. The number of aliphatic hydroxyl groups is 1. The zero-order valence-electron chi connectivity index (χ0n) is 18.4. The molecule has 1 N–H and O–H groups in total. The molecule has 33 heavy (non-hydrogen) atoms. The molecule has 3 heterocycles. The number of likely N-dealkylation sites (tertiary alicyclic amines) is 1. The van der Waals surface area contributed by atoms with E-state index in [1.165, 1.54) is 24.1 Å². The van der Waals surface area contributed by atoms with Crippen LogP contribution in [-0.2, 0) is 14.3 Å². The van der Waals surface area contributed by atoms with Gasteiger partial charge in [0, 0.05) is 44.1 Å². The van der Waals surface area contributed by atoms with E-state index in [1.54, 1.807) is 24.5 Å². The Hall–Kier alpha value is -3.30. The van der Waals surface area contributed by atoms with Crippen molar-refractivity contribution in [3.05, 3.63) is 65.2 Å². The van der Waals surface area contributed by atoms with E-state index in [1.807, 2.05) is 0 Å². The van der Waals surface area contributed by atoms with Crippen molar-refractivity contribution in [1.82, 2.24) is 14.8 Å². The van der Waals surface area contributed by atoms with Gasteiger partial charge in [-0.2, -0.15) is 0 Å². The van der Waals surface area contributed by atoms with Crippen LogP contribution in [-0.4, -0.2) is 78.1 Å². The average molecular weight is 455 g/mol. The van der Waals surface area contributed by atoms with Gasteiger partial charge < -0.3 is 19.5 Å². The first-order valence-electron chi connectivity index (χ1n) is 10.8. The zero-order valence-corrected chi connectivity index (χ0v) is 18.4. The molecule has 174 valence electrons. The van der Waals surface area contributed by atoms with Crippen LogP contribution in [0.3, 0.4) is 0 Å². The molecule has 0 unspecified atom stereocenters. The molecule has 1 amide bonds. The van der Waals surface area contributed by atoms with E-state index in [2.05, 4.69) is 9.88 Å². The molecule has 1 aromatic heterocycles. The van der Waals surface area contributed by atoms with Crippen LogP contribution in [0.15, 0.2) is 48.3 Å². The highest BCUT2D eigenvalue weighted by Gasteiger charge is 2.45. The fraction of sp³-hybridized carbons (Fsp3) is 0.375. The summed E-state index contributed by atoms with van der Waals surface area (Å²) in [6, 6.07) is 6.52. The van der Waals surface area contributed by atoms with Crippen molar-refractivity contribution in [2.45, 2.75) is 12.5 Å². The van der Waals surface area contributed by atoms with Gasteiger partial charge in [-0.05, 0) is 42.3 Å². The number of aromatic nitrogens is 1. The highest BCUT2D eigenvalue weighted by atomic mass is 19.1. The van der Waals surface area contributed by atoms with Crippen molar-refractivity contribution < 1.29 is 28.6 Å². The lowest BCUT2D eigenvalue weighted by Gasteiger charge is -2.29. The molecule has 1 aromatic carbocycles. The van der Waals surface area contributed by atoms with E-state index in [0.717, 1.165) is 25.7 Å². The van der Waals surface area contributed by atoms with Crippen molar-refractivity contribution in [1.29, 1.82) is 0 Å². The van der Waals surface area contributed by atoms with Gasteiger partial charge in [0.1, 0.15) is 5.76 Å². The molecular formula is C24H26FN3O5. The van der Waals surface area contributed by atoms with Crippen LogP contribution in [0.4, 0.5) is 4.39 Å². The van der Waals surface area contributed by atoms with E-state index >= 15 is 0 Å². The molecule has 0 aliphatic carbocycles. The summed E-state index contributed by atoms with van der Waals surface area (Å²) in [5, 5.41) is 11.0. The van der Waals surface area contributed by atoms with Crippen molar-refractivity contribution in [3.8, 4) is 5.75 Å². The van der Waals surface area contributed by atoms with Crippen LogP contribution in [0.5, 0.6) is 5.75 Å². The number of ether oxygens (including phenoxy) is 2. The number of rotatable bonds is 7. The van der Waals surface area contributed by atoms with E-state index in [4.69, 9.17) is 9.47 Å². The van der Waals surface area contributed by atoms with Gasteiger partial charge in [-0.15, -0.1) is 0 Å². The Morgan fingerprint density at radius 1 is 1.18 bits per heavy atom. The minimum atomic E-state index is -0.795. The number of halogens is 1. The minimum absolute atomic E-state index is 0.0146. The van der Waals surface area contributed by atoms with Gasteiger partial charge in [-0.1, -0.05) is 0 Å². The van der Waals surface area contributed by atoms with Gasteiger partial charge in [0.15, 0.2) is 11.6 Å². The maximum atomic E-state index is 14.3. The van der Waals surface area contributed by atoms with Crippen LogP contribution in [0.25, 0.3) is 5.76 Å². The minimum Gasteiger partial charge on any atom is -0.507 e. The Morgan fingerprint density at radius 2 is 1.91 bits per heavy atom. The number of amides is 1. The van der Waals surface area contributed by atoms with Gasteiger partial charge in [0.25, 0.3) is 11.7 Å². The SMILES string of the molecule is COc1ccc(C(O)=C2C(=O)C(=O)N(CCCN3CCOCC3)[C@H]2c2ccncc2)cc1F. The second-order valence-electron chi connectivity index (χ2n) is 7.93. The molecular weight excluding hydrogens is 429 g/mol. The molecule has 2 saturated heterocycles. The van der Waals surface area contributed by atoms with Crippen LogP contribution < -0.4 is 4.74 Å². The summed E-state index contributed by atoms with van der Waals surface area (Å²) >= 11 is 0. The Balaban J connectivity index is 1.66. The number of aliphatic hydroxyl groups excluding tert-OH is 1. The summed E-state index contributed by atoms with van der Waals surface area (Å²) in [7, 11) is 1.34. The summed E-state index contributed by atoms with van der Waals surface area (Å²) in [5.41, 5.74) is 0.673. The predicted molar refractivity (Wildman–Crippen MR) is 118 cm³/mol. The summed E-state index contributed by atoms with van der Waals surface area (Å²) in [6.45, 7) is 4.12. The summed E-state index contributed by atoms with van der Waals surface area (Å²) in [4.78, 5) is 33.7. The van der Waals surface area contributed by atoms with Crippen LogP contribution in [0.2, 0.25) is 0 Å².